The average molecular weight is 273 g/mol. The molecule has 7 nitrogen and oxygen atoms in total. The van der Waals surface area contributed by atoms with Crippen LogP contribution in [0.15, 0.2) is 30.3 Å². The molecule has 7 heteroatoms. The fourth-order valence-corrected chi connectivity index (χ4v) is 1.93. The van der Waals surface area contributed by atoms with E-state index in [9.17, 15) is 0 Å². The highest BCUT2D eigenvalue weighted by Gasteiger charge is 2.18. The number of anilines is 1. The lowest BCUT2D eigenvalue weighted by molar-refractivity contribution is 0.653. The van der Waals surface area contributed by atoms with Crippen molar-refractivity contribution in [3.63, 3.8) is 0 Å². The van der Waals surface area contributed by atoms with Gasteiger partial charge in [0.15, 0.2) is 0 Å². The van der Waals surface area contributed by atoms with Crippen molar-refractivity contribution in [2.24, 2.45) is 5.73 Å². The molecule has 3 N–H and O–H groups in total. The van der Waals surface area contributed by atoms with Gasteiger partial charge in [0.25, 0.3) is 5.95 Å². The fraction of sp³-hybridized carbons (Fsp3) is 0.385. The van der Waals surface area contributed by atoms with Crippen LogP contribution >= 0.6 is 0 Å². The molecule has 2 rings (SSSR count). The Morgan fingerprint density at radius 3 is 2.65 bits per heavy atom. The van der Waals surface area contributed by atoms with E-state index in [1.807, 2.05) is 35.2 Å². The molecule has 1 aromatic carbocycles. The SMILES string of the molecule is CC(C)N(CCC(=N)N)c1nnnn1-c1ccccc1. The molecule has 0 radical (unpaired) electrons. The zero-order valence-corrected chi connectivity index (χ0v) is 11.7. The predicted molar refractivity (Wildman–Crippen MR) is 78.2 cm³/mol. The topological polar surface area (TPSA) is 96.7 Å². The summed E-state index contributed by atoms with van der Waals surface area (Å²) in [6, 6.07) is 9.94. The largest absolute Gasteiger partial charge is 0.388 e. The molecule has 0 unspecified atom stereocenters. The maximum Gasteiger partial charge on any atom is 0.250 e. The van der Waals surface area contributed by atoms with E-state index in [1.165, 1.54) is 0 Å². The number of para-hydroxylation sites is 1. The van der Waals surface area contributed by atoms with E-state index in [-0.39, 0.29) is 11.9 Å². The minimum Gasteiger partial charge on any atom is -0.388 e. The third-order valence-electron chi connectivity index (χ3n) is 2.96. The van der Waals surface area contributed by atoms with Crippen molar-refractivity contribution in [1.29, 1.82) is 5.41 Å². The van der Waals surface area contributed by atoms with Crippen molar-refractivity contribution in [3.8, 4) is 5.69 Å². The second-order valence-corrected chi connectivity index (χ2v) is 4.79. The smallest absolute Gasteiger partial charge is 0.250 e. The summed E-state index contributed by atoms with van der Waals surface area (Å²) in [5.41, 5.74) is 6.35. The number of nitrogens with two attached hydrogens (primary N) is 1. The van der Waals surface area contributed by atoms with E-state index in [2.05, 4.69) is 29.4 Å². The molecule has 0 aliphatic carbocycles. The van der Waals surface area contributed by atoms with E-state index >= 15 is 0 Å². The number of tetrazole rings is 1. The first kappa shape index (κ1) is 14.0. The number of nitrogens with zero attached hydrogens (tertiary/aromatic N) is 5. The molecular weight excluding hydrogens is 254 g/mol. The van der Waals surface area contributed by atoms with Gasteiger partial charge in [0, 0.05) is 19.0 Å². The minimum atomic E-state index is 0.161. The van der Waals surface area contributed by atoms with E-state index in [0.29, 0.717) is 18.9 Å². The summed E-state index contributed by atoms with van der Waals surface area (Å²) < 4.78 is 1.69. The molecule has 0 spiro atoms. The van der Waals surface area contributed by atoms with Crippen LogP contribution in [0.2, 0.25) is 0 Å². The standard InChI is InChI=1S/C13H19N7/c1-10(2)19(9-8-12(14)15)13-16-17-18-20(13)11-6-4-3-5-7-11/h3-7,10H,8-9H2,1-2H3,(H3,14,15). The summed E-state index contributed by atoms with van der Waals surface area (Å²) in [5, 5.41) is 19.3. The van der Waals surface area contributed by atoms with Crippen molar-refractivity contribution in [2.45, 2.75) is 26.3 Å². The van der Waals surface area contributed by atoms with Gasteiger partial charge in [0.1, 0.15) is 0 Å². The molecule has 0 fully saturated rings. The highest BCUT2D eigenvalue weighted by Crippen LogP contribution is 2.17. The second kappa shape index (κ2) is 6.14. The summed E-state index contributed by atoms with van der Waals surface area (Å²) >= 11 is 0. The van der Waals surface area contributed by atoms with Crippen LogP contribution in [0.25, 0.3) is 5.69 Å². The van der Waals surface area contributed by atoms with Crippen molar-refractivity contribution < 1.29 is 0 Å². The molecule has 0 atom stereocenters. The summed E-state index contributed by atoms with van der Waals surface area (Å²) in [6.07, 6.45) is 0.486. The summed E-state index contributed by atoms with van der Waals surface area (Å²) in [5.74, 6) is 0.821. The summed E-state index contributed by atoms with van der Waals surface area (Å²) in [6.45, 7) is 4.73. The van der Waals surface area contributed by atoms with Gasteiger partial charge < -0.3 is 10.6 Å². The van der Waals surface area contributed by atoms with Crippen LogP contribution in [-0.2, 0) is 0 Å². The second-order valence-electron chi connectivity index (χ2n) is 4.79. The number of benzene rings is 1. The average Bonchev–Trinajstić information content (AvgIpc) is 2.88. The Morgan fingerprint density at radius 2 is 2.05 bits per heavy atom. The molecule has 106 valence electrons. The van der Waals surface area contributed by atoms with E-state index < -0.39 is 0 Å². The first-order valence-electron chi connectivity index (χ1n) is 6.53. The monoisotopic (exact) mass is 273 g/mol. The fourth-order valence-electron chi connectivity index (χ4n) is 1.93. The van der Waals surface area contributed by atoms with Gasteiger partial charge in [-0.15, -0.1) is 0 Å². The first-order chi connectivity index (χ1) is 9.59. The molecule has 20 heavy (non-hydrogen) atoms. The highest BCUT2D eigenvalue weighted by atomic mass is 15.6. The van der Waals surface area contributed by atoms with Crippen LogP contribution in [0, 0.1) is 5.41 Å². The molecule has 1 aromatic heterocycles. The van der Waals surface area contributed by atoms with Crippen LogP contribution in [0.5, 0.6) is 0 Å². The zero-order chi connectivity index (χ0) is 14.5. The maximum absolute atomic E-state index is 7.36. The van der Waals surface area contributed by atoms with Gasteiger partial charge in [-0.1, -0.05) is 23.3 Å². The molecule has 0 aliphatic heterocycles. The maximum atomic E-state index is 7.36. The summed E-state index contributed by atoms with van der Waals surface area (Å²) in [4.78, 5) is 2.04. The quantitative estimate of drug-likeness (QED) is 0.609. The van der Waals surface area contributed by atoms with Crippen molar-refractivity contribution in [1.82, 2.24) is 20.2 Å². The van der Waals surface area contributed by atoms with Gasteiger partial charge in [-0.3, -0.25) is 5.41 Å². The number of aromatic nitrogens is 4. The lowest BCUT2D eigenvalue weighted by Gasteiger charge is -2.26. The van der Waals surface area contributed by atoms with E-state index in [0.717, 1.165) is 5.69 Å². The van der Waals surface area contributed by atoms with Crippen molar-refractivity contribution >= 4 is 11.8 Å². The zero-order valence-electron chi connectivity index (χ0n) is 11.7. The Bertz CT molecular complexity index is 561. The van der Waals surface area contributed by atoms with Crippen LogP contribution < -0.4 is 10.6 Å². The third-order valence-corrected chi connectivity index (χ3v) is 2.96. The number of hydrogen-bond donors (Lipinski definition) is 2. The van der Waals surface area contributed by atoms with Gasteiger partial charge in [0.2, 0.25) is 0 Å². The van der Waals surface area contributed by atoms with Crippen LogP contribution in [0.3, 0.4) is 0 Å². The molecule has 2 aromatic rings. The Hall–Kier alpha value is -2.44. The molecule has 0 aliphatic rings. The first-order valence-corrected chi connectivity index (χ1v) is 6.53. The van der Waals surface area contributed by atoms with Gasteiger partial charge in [0.05, 0.1) is 11.5 Å². The van der Waals surface area contributed by atoms with Gasteiger partial charge in [-0.05, 0) is 36.4 Å². The van der Waals surface area contributed by atoms with E-state index in [4.69, 9.17) is 11.1 Å². The lowest BCUT2D eigenvalue weighted by atomic mass is 10.3. The molecule has 0 amide bonds. The predicted octanol–water partition coefficient (Wildman–Crippen LogP) is 1.20. The number of amidine groups is 1. The molecule has 0 saturated heterocycles. The molecule has 0 saturated carbocycles. The van der Waals surface area contributed by atoms with E-state index in [1.54, 1.807) is 4.68 Å². The highest BCUT2D eigenvalue weighted by molar-refractivity contribution is 5.77. The van der Waals surface area contributed by atoms with Gasteiger partial charge in [-0.2, -0.15) is 4.68 Å². The molecule has 0 bridgehead atoms. The summed E-state index contributed by atoms with van der Waals surface area (Å²) in [7, 11) is 0. The van der Waals surface area contributed by atoms with Crippen LogP contribution in [-0.4, -0.2) is 38.6 Å². The Morgan fingerprint density at radius 1 is 1.35 bits per heavy atom. The number of rotatable bonds is 6. The Labute approximate surface area is 117 Å². The van der Waals surface area contributed by atoms with Gasteiger partial charge >= 0.3 is 0 Å². The Balaban J connectivity index is 2.31. The number of nitrogens with one attached hydrogen (secondary N) is 1. The lowest BCUT2D eigenvalue weighted by Crippen LogP contribution is -2.36. The third kappa shape index (κ3) is 3.11. The Kier molecular flexibility index (Phi) is 4.29. The van der Waals surface area contributed by atoms with Crippen LogP contribution in [0.1, 0.15) is 20.3 Å². The normalized spacial score (nSPS) is 10.8. The minimum absolute atomic E-state index is 0.161. The van der Waals surface area contributed by atoms with Gasteiger partial charge in [-0.25, -0.2) is 0 Å². The van der Waals surface area contributed by atoms with Crippen molar-refractivity contribution in [3.05, 3.63) is 30.3 Å². The number of hydrogen-bond acceptors (Lipinski definition) is 5. The van der Waals surface area contributed by atoms with Crippen molar-refractivity contribution in [2.75, 3.05) is 11.4 Å². The molecular formula is C13H19N7. The van der Waals surface area contributed by atoms with Crippen LogP contribution in [0.4, 0.5) is 5.95 Å². The molecule has 1 heterocycles.